The molecule has 0 aliphatic carbocycles. The Kier molecular flexibility index (Phi) is 3.28. The molecule has 0 bridgehead atoms. The summed E-state index contributed by atoms with van der Waals surface area (Å²) in [6.07, 6.45) is 2.71. The Balaban J connectivity index is 2.39. The largest absolute Gasteiger partial charge is 0.481 e. The van der Waals surface area contributed by atoms with E-state index in [1.807, 2.05) is 0 Å². The minimum atomic E-state index is -0.782. The maximum absolute atomic E-state index is 11.1. The van der Waals surface area contributed by atoms with E-state index in [9.17, 15) is 9.59 Å². The van der Waals surface area contributed by atoms with Crippen LogP contribution in [0.3, 0.4) is 0 Å². The minimum Gasteiger partial charge on any atom is -0.481 e. The second-order valence-electron chi connectivity index (χ2n) is 3.44. The Bertz CT molecular complexity index is 215. The van der Waals surface area contributed by atoms with Gasteiger partial charge in [0, 0.05) is 25.9 Å². The van der Waals surface area contributed by atoms with Crippen LogP contribution in [0.25, 0.3) is 0 Å². The molecule has 0 aromatic heterocycles. The van der Waals surface area contributed by atoms with Gasteiger partial charge in [-0.15, -0.1) is 0 Å². The summed E-state index contributed by atoms with van der Waals surface area (Å²) in [6, 6.07) is 0.161. The predicted octanol–water partition coefficient (Wildman–Crippen LogP) is 0.862. The maximum Gasteiger partial charge on any atom is 0.303 e. The summed E-state index contributed by atoms with van der Waals surface area (Å²) in [5, 5.41) is 8.50. The average Bonchev–Trinajstić information content (AvgIpc) is 2.47. The van der Waals surface area contributed by atoms with Crippen molar-refractivity contribution in [3.8, 4) is 0 Å². The molecule has 1 aliphatic heterocycles. The first-order chi connectivity index (χ1) is 6.11. The van der Waals surface area contributed by atoms with Gasteiger partial charge in [0.1, 0.15) is 0 Å². The van der Waals surface area contributed by atoms with Crippen molar-refractivity contribution in [1.82, 2.24) is 4.90 Å². The molecule has 1 N–H and O–H groups in total. The van der Waals surface area contributed by atoms with E-state index in [1.54, 1.807) is 11.8 Å². The number of carboxylic acid groups (broad SMARTS) is 1. The fourth-order valence-corrected chi connectivity index (χ4v) is 1.84. The summed E-state index contributed by atoms with van der Waals surface area (Å²) in [4.78, 5) is 23.2. The molecule has 0 unspecified atom stereocenters. The quantitative estimate of drug-likeness (QED) is 0.709. The summed E-state index contributed by atoms with van der Waals surface area (Å²) in [6.45, 7) is 2.33. The van der Waals surface area contributed by atoms with Gasteiger partial charge in [-0.25, -0.2) is 0 Å². The monoisotopic (exact) mass is 185 g/mol. The van der Waals surface area contributed by atoms with E-state index in [4.69, 9.17) is 5.11 Å². The van der Waals surface area contributed by atoms with Gasteiger partial charge in [-0.2, -0.15) is 0 Å². The molecule has 0 spiro atoms. The zero-order chi connectivity index (χ0) is 9.84. The molecule has 4 nitrogen and oxygen atoms in total. The van der Waals surface area contributed by atoms with E-state index in [-0.39, 0.29) is 18.4 Å². The van der Waals surface area contributed by atoms with E-state index in [1.165, 1.54) is 0 Å². The maximum atomic E-state index is 11.1. The number of likely N-dealkylation sites (tertiary alicyclic amines) is 1. The molecule has 4 heteroatoms. The van der Waals surface area contributed by atoms with Crippen molar-refractivity contribution in [2.45, 2.75) is 38.6 Å². The van der Waals surface area contributed by atoms with Gasteiger partial charge in [-0.1, -0.05) is 0 Å². The number of carbonyl (C=O) groups excluding carboxylic acids is 1. The molecule has 0 aromatic rings. The lowest BCUT2D eigenvalue weighted by Crippen LogP contribution is -2.33. The highest BCUT2D eigenvalue weighted by Crippen LogP contribution is 2.21. The van der Waals surface area contributed by atoms with Crippen LogP contribution < -0.4 is 0 Å². The van der Waals surface area contributed by atoms with Crippen LogP contribution in [0.4, 0.5) is 0 Å². The molecular formula is C9H15NO3. The standard InChI is InChI=1S/C9H15NO3/c1-7(11)10-6-2-3-8(10)4-5-9(12)13/h8H,2-6H2,1H3,(H,12,13)/t8-/m0/s1. The zero-order valence-corrected chi connectivity index (χ0v) is 7.82. The Morgan fingerprint density at radius 2 is 2.23 bits per heavy atom. The van der Waals surface area contributed by atoms with E-state index in [2.05, 4.69) is 0 Å². The van der Waals surface area contributed by atoms with Crippen molar-refractivity contribution in [2.75, 3.05) is 6.54 Å². The van der Waals surface area contributed by atoms with Crippen molar-refractivity contribution in [3.63, 3.8) is 0 Å². The summed E-state index contributed by atoms with van der Waals surface area (Å²) < 4.78 is 0. The van der Waals surface area contributed by atoms with E-state index >= 15 is 0 Å². The molecule has 1 atom stereocenters. The van der Waals surface area contributed by atoms with Crippen molar-refractivity contribution >= 4 is 11.9 Å². The number of hydrogen-bond acceptors (Lipinski definition) is 2. The van der Waals surface area contributed by atoms with Crippen molar-refractivity contribution in [1.29, 1.82) is 0 Å². The van der Waals surface area contributed by atoms with Crippen LogP contribution in [0.1, 0.15) is 32.6 Å². The summed E-state index contributed by atoms with van der Waals surface area (Å²) >= 11 is 0. The fraction of sp³-hybridized carbons (Fsp3) is 0.778. The van der Waals surface area contributed by atoms with Gasteiger partial charge in [0.25, 0.3) is 0 Å². The Labute approximate surface area is 77.5 Å². The number of aliphatic carboxylic acids is 1. The van der Waals surface area contributed by atoms with E-state index in [0.29, 0.717) is 6.42 Å². The third-order valence-corrected chi connectivity index (χ3v) is 2.47. The molecule has 1 heterocycles. The van der Waals surface area contributed by atoms with Gasteiger partial charge in [0.15, 0.2) is 0 Å². The summed E-state index contributed by atoms with van der Waals surface area (Å²) in [7, 11) is 0. The molecule has 0 aromatic carbocycles. The van der Waals surface area contributed by atoms with Crippen LogP contribution >= 0.6 is 0 Å². The second kappa shape index (κ2) is 4.25. The van der Waals surface area contributed by atoms with Gasteiger partial charge < -0.3 is 10.0 Å². The Morgan fingerprint density at radius 3 is 2.77 bits per heavy atom. The molecule has 1 aliphatic rings. The van der Waals surface area contributed by atoms with Gasteiger partial charge in [0.2, 0.25) is 5.91 Å². The lowest BCUT2D eigenvalue weighted by Gasteiger charge is -2.22. The van der Waals surface area contributed by atoms with Gasteiger partial charge >= 0.3 is 5.97 Å². The minimum absolute atomic E-state index is 0.0629. The molecule has 1 fully saturated rings. The number of nitrogens with zero attached hydrogens (tertiary/aromatic N) is 1. The Morgan fingerprint density at radius 1 is 1.54 bits per heavy atom. The lowest BCUT2D eigenvalue weighted by molar-refractivity contribution is -0.138. The second-order valence-corrected chi connectivity index (χ2v) is 3.44. The summed E-state index contributed by atoms with van der Waals surface area (Å²) in [5.74, 6) is -0.719. The number of carbonyl (C=O) groups is 2. The highest BCUT2D eigenvalue weighted by atomic mass is 16.4. The van der Waals surface area contributed by atoms with Crippen LogP contribution in [-0.4, -0.2) is 34.5 Å². The molecule has 0 saturated carbocycles. The van der Waals surface area contributed by atoms with Crippen LogP contribution in [0.5, 0.6) is 0 Å². The summed E-state index contributed by atoms with van der Waals surface area (Å²) in [5.41, 5.74) is 0. The van der Waals surface area contributed by atoms with Crippen molar-refractivity contribution in [2.24, 2.45) is 0 Å². The van der Waals surface area contributed by atoms with Crippen molar-refractivity contribution in [3.05, 3.63) is 0 Å². The topological polar surface area (TPSA) is 57.6 Å². The van der Waals surface area contributed by atoms with Gasteiger partial charge in [-0.05, 0) is 19.3 Å². The third kappa shape index (κ3) is 2.72. The highest BCUT2D eigenvalue weighted by molar-refractivity contribution is 5.74. The van der Waals surface area contributed by atoms with Crippen LogP contribution in [0, 0.1) is 0 Å². The number of hydrogen-bond donors (Lipinski definition) is 1. The molecule has 1 saturated heterocycles. The normalized spacial score (nSPS) is 21.9. The fourth-order valence-electron chi connectivity index (χ4n) is 1.84. The molecular weight excluding hydrogens is 170 g/mol. The third-order valence-electron chi connectivity index (χ3n) is 2.47. The number of amides is 1. The number of rotatable bonds is 3. The average molecular weight is 185 g/mol. The van der Waals surface area contributed by atoms with Crippen LogP contribution in [0.15, 0.2) is 0 Å². The van der Waals surface area contributed by atoms with Crippen molar-refractivity contribution < 1.29 is 14.7 Å². The Hall–Kier alpha value is -1.06. The smallest absolute Gasteiger partial charge is 0.303 e. The highest BCUT2D eigenvalue weighted by Gasteiger charge is 2.26. The molecule has 0 radical (unpaired) electrons. The molecule has 74 valence electrons. The number of carboxylic acids is 1. The van der Waals surface area contributed by atoms with Crippen LogP contribution in [0.2, 0.25) is 0 Å². The first kappa shape index (κ1) is 10.0. The zero-order valence-electron chi connectivity index (χ0n) is 7.82. The van der Waals surface area contributed by atoms with Gasteiger partial charge in [-0.3, -0.25) is 9.59 Å². The SMILES string of the molecule is CC(=O)N1CCC[C@H]1CCC(=O)O. The molecule has 13 heavy (non-hydrogen) atoms. The lowest BCUT2D eigenvalue weighted by atomic mass is 10.1. The van der Waals surface area contributed by atoms with E-state index in [0.717, 1.165) is 19.4 Å². The first-order valence-corrected chi connectivity index (χ1v) is 4.60. The van der Waals surface area contributed by atoms with Gasteiger partial charge in [0.05, 0.1) is 0 Å². The first-order valence-electron chi connectivity index (χ1n) is 4.60. The van der Waals surface area contributed by atoms with Crippen LogP contribution in [-0.2, 0) is 9.59 Å². The predicted molar refractivity (Wildman–Crippen MR) is 47.3 cm³/mol. The molecule has 1 rings (SSSR count). The van der Waals surface area contributed by atoms with E-state index < -0.39 is 5.97 Å². The molecule has 1 amide bonds.